The summed E-state index contributed by atoms with van der Waals surface area (Å²) in [5.74, 6) is 0.249. The molecule has 1 aliphatic rings. The highest BCUT2D eigenvalue weighted by atomic mass is 32.2. The number of fused-ring (bicyclic) bond motifs is 1. The Morgan fingerprint density at radius 2 is 1.78 bits per heavy atom. The van der Waals surface area contributed by atoms with Gasteiger partial charge >= 0.3 is 6.18 Å². The molecule has 37 heavy (non-hydrogen) atoms. The summed E-state index contributed by atoms with van der Waals surface area (Å²) >= 11 is 0. The second-order valence-electron chi connectivity index (χ2n) is 9.62. The Morgan fingerprint density at radius 3 is 2.41 bits per heavy atom. The first-order chi connectivity index (χ1) is 17.4. The first kappa shape index (κ1) is 26.5. The van der Waals surface area contributed by atoms with Crippen LogP contribution < -0.4 is 14.8 Å². The average molecular weight is 532 g/mol. The highest BCUT2D eigenvalue weighted by molar-refractivity contribution is 7.86. The van der Waals surface area contributed by atoms with E-state index in [-0.39, 0.29) is 11.3 Å². The quantitative estimate of drug-likeness (QED) is 0.177. The van der Waals surface area contributed by atoms with E-state index in [1.54, 1.807) is 25.1 Å². The second kappa shape index (κ2) is 10.1. The number of halogens is 3. The van der Waals surface area contributed by atoms with E-state index in [1.165, 1.54) is 12.1 Å². The molecule has 0 radical (unpaired) electrons. The van der Waals surface area contributed by atoms with Crippen LogP contribution in [0.15, 0.2) is 70.7 Å². The SMILES string of the molecule is CCOc1cc(S(=O)N2CC(C)(C)Cc3cc(-c4ccc(C(F)(F)F)cc4)ccc32)ccc1C(N)=NO. The monoisotopic (exact) mass is 531 g/mol. The van der Waals surface area contributed by atoms with Crippen LogP contribution in [0.4, 0.5) is 18.9 Å². The van der Waals surface area contributed by atoms with Crippen molar-refractivity contribution in [2.75, 3.05) is 17.5 Å². The predicted molar refractivity (Wildman–Crippen MR) is 138 cm³/mol. The van der Waals surface area contributed by atoms with Gasteiger partial charge in [0.15, 0.2) is 16.8 Å². The molecule has 1 aliphatic heterocycles. The number of hydrogen-bond acceptors (Lipinski definition) is 4. The van der Waals surface area contributed by atoms with Gasteiger partial charge in [-0.1, -0.05) is 37.2 Å². The van der Waals surface area contributed by atoms with E-state index in [1.807, 2.05) is 22.5 Å². The molecule has 0 saturated heterocycles. The summed E-state index contributed by atoms with van der Waals surface area (Å²) in [6.07, 6.45) is -3.67. The van der Waals surface area contributed by atoms with Gasteiger partial charge in [-0.15, -0.1) is 0 Å². The number of hydrogen-bond donors (Lipinski definition) is 2. The number of benzene rings is 3. The van der Waals surface area contributed by atoms with Crippen LogP contribution in [-0.4, -0.2) is 28.4 Å². The number of nitrogens with zero attached hydrogens (tertiary/aromatic N) is 2. The van der Waals surface area contributed by atoms with Crippen molar-refractivity contribution in [3.05, 3.63) is 77.4 Å². The van der Waals surface area contributed by atoms with Crippen LogP contribution in [0.3, 0.4) is 0 Å². The molecule has 0 aliphatic carbocycles. The molecule has 3 N–H and O–H groups in total. The van der Waals surface area contributed by atoms with Gasteiger partial charge in [-0.2, -0.15) is 13.2 Å². The molecule has 6 nitrogen and oxygen atoms in total. The Bertz CT molecular complexity index is 1360. The van der Waals surface area contributed by atoms with Crippen molar-refractivity contribution >= 4 is 22.5 Å². The van der Waals surface area contributed by atoms with Gasteiger partial charge in [-0.25, -0.2) is 4.21 Å². The lowest BCUT2D eigenvalue weighted by Gasteiger charge is -2.40. The summed E-state index contributed by atoms with van der Waals surface area (Å²) in [5, 5.41) is 12.1. The smallest absolute Gasteiger partial charge is 0.416 e. The van der Waals surface area contributed by atoms with Gasteiger partial charge in [0.25, 0.3) is 0 Å². The van der Waals surface area contributed by atoms with Gasteiger partial charge in [0.2, 0.25) is 0 Å². The first-order valence-corrected chi connectivity index (χ1v) is 12.8. The maximum Gasteiger partial charge on any atom is 0.416 e. The largest absolute Gasteiger partial charge is 0.493 e. The van der Waals surface area contributed by atoms with Crippen molar-refractivity contribution in [3.8, 4) is 16.9 Å². The summed E-state index contributed by atoms with van der Waals surface area (Å²) in [6, 6.07) is 15.6. The summed E-state index contributed by atoms with van der Waals surface area (Å²) in [6.45, 7) is 6.83. The summed E-state index contributed by atoms with van der Waals surface area (Å²) in [4.78, 5) is 0.494. The molecule has 1 atom stereocenters. The van der Waals surface area contributed by atoms with Crippen molar-refractivity contribution in [1.29, 1.82) is 0 Å². The standard InChI is InChI=1S/C27H28F3N3O3S/c1-4-36-24-14-21(10-11-22(24)25(31)32-34)37(35)33-16-26(2,3)15-19-13-18(7-12-23(19)33)17-5-8-20(9-6-17)27(28,29)30/h5-14,34H,4,15-16H2,1-3H3,(H2,31,32). The molecule has 3 aromatic carbocycles. The summed E-state index contributed by atoms with van der Waals surface area (Å²) < 4.78 is 60.2. The van der Waals surface area contributed by atoms with E-state index in [0.717, 1.165) is 35.4 Å². The third-order valence-corrected chi connectivity index (χ3v) is 7.56. The number of amidine groups is 1. The van der Waals surface area contributed by atoms with Crippen molar-refractivity contribution in [2.45, 2.75) is 38.3 Å². The Kier molecular flexibility index (Phi) is 7.23. The van der Waals surface area contributed by atoms with E-state index in [0.29, 0.717) is 34.9 Å². The molecule has 0 aromatic heterocycles. The molecule has 1 unspecified atom stereocenters. The lowest BCUT2D eigenvalue weighted by atomic mass is 9.81. The van der Waals surface area contributed by atoms with Gasteiger partial charge < -0.3 is 15.7 Å². The fraction of sp³-hybridized carbons (Fsp3) is 0.296. The Balaban J connectivity index is 1.71. The van der Waals surface area contributed by atoms with Crippen LogP contribution in [0.5, 0.6) is 5.75 Å². The highest BCUT2D eigenvalue weighted by Gasteiger charge is 2.34. The molecule has 0 saturated carbocycles. The number of anilines is 1. The third-order valence-electron chi connectivity index (χ3n) is 6.17. The molecule has 0 amide bonds. The van der Waals surface area contributed by atoms with Crippen LogP contribution in [0.1, 0.15) is 37.5 Å². The molecule has 4 rings (SSSR count). The van der Waals surface area contributed by atoms with Crippen LogP contribution in [0, 0.1) is 5.41 Å². The zero-order valence-electron chi connectivity index (χ0n) is 20.7. The summed E-state index contributed by atoms with van der Waals surface area (Å²) in [7, 11) is -1.59. The van der Waals surface area contributed by atoms with E-state index >= 15 is 0 Å². The fourth-order valence-electron chi connectivity index (χ4n) is 4.47. The number of ether oxygens (including phenoxy) is 1. The number of rotatable bonds is 6. The number of nitrogens with two attached hydrogens (primary N) is 1. The molecule has 3 aromatic rings. The maximum absolute atomic E-state index is 13.8. The third kappa shape index (κ3) is 5.58. The molecule has 10 heteroatoms. The molecule has 0 bridgehead atoms. The Morgan fingerprint density at radius 1 is 1.11 bits per heavy atom. The predicted octanol–water partition coefficient (Wildman–Crippen LogP) is 5.98. The van der Waals surface area contributed by atoms with Crippen LogP contribution in [-0.2, 0) is 23.6 Å². The van der Waals surface area contributed by atoms with E-state index in [9.17, 15) is 17.4 Å². The van der Waals surface area contributed by atoms with Gasteiger partial charge in [0.1, 0.15) is 5.75 Å². The van der Waals surface area contributed by atoms with Gasteiger partial charge in [-0.05, 0) is 77.9 Å². The highest BCUT2D eigenvalue weighted by Crippen LogP contribution is 2.41. The lowest BCUT2D eigenvalue weighted by molar-refractivity contribution is -0.137. The van der Waals surface area contributed by atoms with E-state index in [4.69, 9.17) is 15.7 Å². The Hall–Kier alpha value is -3.53. The van der Waals surface area contributed by atoms with Crippen molar-refractivity contribution in [1.82, 2.24) is 0 Å². The van der Waals surface area contributed by atoms with Gasteiger partial charge in [0, 0.05) is 6.54 Å². The van der Waals surface area contributed by atoms with Crippen molar-refractivity contribution in [2.24, 2.45) is 16.3 Å². The second-order valence-corrected chi connectivity index (χ2v) is 11.0. The minimum absolute atomic E-state index is 0.110. The zero-order chi connectivity index (χ0) is 27.0. The van der Waals surface area contributed by atoms with Gasteiger partial charge in [0.05, 0.1) is 28.3 Å². The molecule has 196 valence electrons. The minimum Gasteiger partial charge on any atom is -0.493 e. The minimum atomic E-state index is -4.39. The first-order valence-electron chi connectivity index (χ1n) is 11.7. The number of oxime groups is 1. The van der Waals surface area contributed by atoms with Crippen LogP contribution in [0.25, 0.3) is 11.1 Å². The zero-order valence-corrected chi connectivity index (χ0v) is 21.5. The number of alkyl halides is 3. The average Bonchev–Trinajstić information content (AvgIpc) is 2.86. The molecule has 0 fully saturated rings. The van der Waals surface area contributed by atoms with Crippen molar-refractivity contribution in [3.63, 3.8) is 0 Å². The van der Waals surface area contributed by atoms with Crippen LogP contribution >= 0.6 is 0 Å². The normalized spacial score (nSPS) is 16.3. The van der Waals surface area contributed by atoms with Crippen molar-refractivity contribution < 1.29 is 27.3 Å². The topological polar surface area (TPSA) is 88.2 Å². The van der Waals surface area contributed by atoms with E-state index < -0.39 is 22.7 Å². The fourth-order valence-corrected chi connectivity index (χ4v) is 5.94. The maximum atomic E-state index is 13.8. The molecular weight excluding hydrogens is 503 g/mol. The van der Waals surface area contributed by atoms with Gasteiger partial charge in [-0.3, -0.25) is 4.31 Å². The summed E-state index contributed by atoms with van der Waals surface area (Å²) in [5.41, 5.74) is 8.47. The Labute approximate surface area is 216 Å². The van der Waals surface area contributed by atoms with Crippen LogP contribution in [0.2, 0.25) is 0 Å². The molecule has 1 heterocycles. The lowest BCUT2D eigenvalue weighted by Crippen LogP contribution is -2.41. The molecule has 0 spiro atoms. The van der Waals surface area contributed by atoms with E-state index in [2.05, 4.69) is 19.0 Å². The molecular formula is C27H28F3N3O3S.